The molecule has 166 valence electrons. The Morgan fingerprint density at radius 2 is 1.97 bits per heavy atom. The second-order valence-corrected chi connectivity index (χ2v) is 7.20. The number of allylic oxidation sites excluding steroid dienone is 1. The van der Waals surface area contributed by atoms with E-state index in [4.69, 9.17) is 14.2 Å². The van der Waals surface area contributed by atoms with Crippen LogP contribution in [0.5, 0.6) is 0 Å². The summed E-state index contributed by atoms with van der Waals surface area (Å²) >= 11 is 0. The first-order valence-electron chi connectivity index (χ1n) is 9.41. The molecular formula is C22H22F3NO5. The Labute approximate surface area is 177 Å². The van der Waals surface area contributed by atoms with Gasteiger partial charge in [-0.2, -0.15) is 13.2 Å². The van der Waals surface area contributed by atoms with E-state index in [0.717, 1.165) is 16.7 Å². The first-order valence-corrected chi connectivity index (χ1v) is 9.41. The van der Waals surface area contributed by atoms with Crippen molar-refractivity contribution in [3.63, 3.8) is 0 Å². The fourth-order valence-electron chi connectivity index (χ4n) is 3.76. The molecule has 1 N–H and O–H groups in total. The van der Waals surface area contributed by atoms with Crippen molar-refractivity contribution in [1.29, 1.82) is 0 Å². The number of carbonyl (C=O) groups is 2. The van der Waals surface area contributed by atoms with Gasteiger partial charge in [0.2, 0.25) is 0 Å². The van der Waals surface area contributed by atoms with Gasteiger partial charge in [0.05, 0.1) is 12.7 Å². The van der Waals surface area contributed by atoms with E-state index in [0.29, 0.717) is 18.4 Å². The standard InChI is InChI=1S/C22H22F3NO5/c1-29-18-10-14(19(27)30-2)8-9-21(18,31-3)12-15-5-4-13-6-7-16(11-17(13)15)26-20(28)22(23,24)25/h5-11,18H,4,12H2,1-3H3,(H,26,28). The van der Waals surface area contributed by atoms with Crippen LogP contribution in [0.1, 0.15) is 17.5 Å². The zero-order valence-electron chi connectivity index (χ0n) is 17.2. The average molecular weight is 437 g/mol. The summed E-state index contributed by atoms with van der Waals surface area (Å²) < 4.78 is 53.9. The van der Waals surface area contributed by atoms with E-state index < -0.39 is 29.8 Å². The zero-order valence-corrected chi connectivity index (χ0v) is 17.2. The lowest BCUT2D eigenvalue weighted by atomic mass is 9.82. The molecule has 2 aliphatic rings. The molecule has 1 aromatic rings. The number of carbonyl (C=O) groups excluding carboxylic acids is 2. The van der Waals surface area contributed by atoms with Crippen LogP contribution in [0.2, 0.25) is 0 Å². The molecule has 0 aliphatic heterocycles. The summed E-state index contributed by atoms with van der Waals surface area (Å²) in [4.78, 5) is 23.1. The minimum Gasteiger partial charge on any atom is -0.465 e. The number of esters is 1. The Morgan fingerprint density at radius 3 is 2.58 bits per heavy atom. The van der Waals surface area contributed by atoms with Gasteiger partial charge in [0.15, 0.2) is 0 Å². The van der Waals surface area contributed by atoms with Gasteiger partial charge in [-0.1, -0.05) is 12.1 Å². The predicted molar refractivity (Wildman–Crippen MR) is 107 cm³/mol. The van der Waals surface area contributed by atoms with E-state index in [1.807, 2.05) is 11.4 Å². The molecule has 0 heterocycles. The van der Waals surface area contributed by atoms with E-state index in [1.54, 1.807) is 24.3 Å². The van der Waals surface area contributed by atoms with Gasteiger partial charge in [-0.25, -0.2) is 4.79 Å². The Bertz CT molecular complexity index is 980. The second kappa shape index (κ2) is 8.68. The van der Waals surface area contributed by atoms with Crippen molar-refractivity contribution >= 4 is 23.1 Å². The third kappa shape index (κ3) is 4.57. The Balaban J connectivity index is 1.87. The number of hydrogen-bond donors (Lipinski definition) is 1. The highest BCUT2D eigenvalue weighted by Crippen LogP contribution is 2.40. The minimum absolute atomic E-state index is 0.0516. The van der Waals surface area contributed by atoms with Gasteiger partial charge >= 0.3 is 18.1 Å². The zero-order chi connectivity index (χ0) is 22.8. The third-order valence-corrected chi connectivity index (χ3v) is 5.42. The monoisotopic (exact) mass is 437 g/mol. The lowest BCUT2D eigenvalue weighted by molar-refractivity contribution is -0.167. The molecule has 3 rings (SSSR count). The molecule has 0 saturated carbocycles. The third-order valence-electron chi connectivity index (χ3n) is 5.42. The molecule has 31 heavy (non-hydrogen) atoms. The number of benzene rings is 1. The molecule has 0 aromatic heterocycles. The Hall–Kier alpha value is -2.91. The summed E-state index contributed by atoms with van der Waals surface area (Å²) in [5.41, 5.74) is 1.93. The van der Waals surface area contributed by atoms with E-state index in [2.05, 4.69) is 0 Å². The SMILES string of the molecule is COC(=O)C1=CC(OC)C(CC2=CCc3ccc(NC(=O)C(F)(F)F)cc32)(OC)C=C1. The summed E-state index contributed by atoms with van der Waals surface area (Å²) in [6.45, 7) is 0. The van der Waals surface area contributed by atoms with Gasteiger partial charge in [-0.15, -0.1) is 0 Å². The van der Waals surface area contributed by atoms with Gasteiger partial charge in [0.25, 0.3) is 0 Å². The summed E-state index contributed by atoms with van der Waals surface area (Å²) in [7, 11) is 4.29. The number of hydrogen-bond acceptors (Lipinski definition) is 5. The lowest BCUT2D eigenvalue weighted by Crippen LogP contribution is -2.44. The first kappa shape index (κ1) is 22.8. The number of alkyl halides is 3. The molecule has 1 aromatic carbocycles. The van der Waals surface area contributed by atoms with Crippen LogP contribution in [0.15, 0.2) is 48.1 Å². The number of nitrogens with one attached hydrogen (secondary N) is 1. The molecule has 9 heteroatoms. The van der Waals surface area contributed by atoms with Crippen LogP contribution in [0.3, 0.4) is 0 Å². The van der Waals surface area contributed by atoms with Crippen molar-refractivity contribution in [2.24, 2.45) is 0 Å². The first-order chi connectivity index (χ1) is 14.6. The van der Waals surface area contributed by atoms with Crippen LogP contribution in [0.25, 0.3) is 5.57 Å². The molecule has 0 spiro atoms. The van der Waals surface area contributed by atoms with Crippen molar-refractivity contribution in [2.45, 2.75) is 30.7 Å². The fraction of sp³-hybridized carbons (Fsp3) is 0.364. The van der Waals surface area contributed by atoms with Gasteiger partial charge in [-0.3, -0.25) is 4.79 Å². The van der Waals surface area contributed by atoms with Gasteiger partial charge < -0.3 is 19.5 Å². The molecule has 0 fully saturated rings. The summed E-state index contributed by atoms with van der Waals surface area (Å²) in [6, 6.07) is 4.64. The summed E-state index contributed by atoms with van der Waals surface area (Å²) in [5.74, 6) is -2.53. The van der Waals surface area contributed by atoms with E-state index in [9.17, 15) is 22.8 Å². The number of methoxy groups -OCH3 is 3. The van der Waals surface area contributed by atoms with Gasteiger partial charge in [0, 0.05) is 26.3 Å². The van der Waals surface area contributed by atoms with Crippen LogP contribution in [0.4, 0.5) is 18.9 Å². The number of amides is 1. The molecule has 0 bridgehead atoms. The van der Waals surface area contributed by atoms with Crippen molar-refractivity contribution < 1.29 is 37.0 Å². The maximum absolute atomic E-state index is 12.6. The highest BCUT2D eigenvalue weighted by atomic mass is 19.4. The van der Waals surface area contributed by atoms with E-state index in [1.165, 1.54) is 33.5 Å². The topological polar surface area (TPSA) is 73.9 Å². The quantitative estimate of drug-likeness (QED) is 0.689. The maximum Gasteiger partial charge on any atom is 0.471 e. The van der Waals surface area contributed by atoms with Crippen LogP contribution >= 0.6 is 0 Å². The summed E-state index contributed by atoms with van der Waals surface area (Å²) in [5, 5.41) is 1.88. The van der Waals surface area contributed by atoms with E-state index >= 15 is 0 Å². The van der Waals surface area contributed by atoms with Crippen molar-refractivity contribution in [3.8, 4) is 0 Å². The van der Waals surface area contributed by atoms with Crippen molar-refractivity contribution in [3.05, 3.63) is 59.2 Å². The average Bonchev–Trinajstić information content (AvgIpc) is 3.14. The van der Waals surface area contributed by atoms with Crippen LogP contribution in [-0.2, 0) is 30.2 Å². The number of anilines is 1. The normalized spacial score (nSPS) is 22.5. The minimum atomic E-state index is -4.97. The molecule has 2 unspecified atom stereocenters. The smallest absolute Gasteiger partial charge is 0.465 e. The summed E-state index contributed by atoms with van der Waals surface area (Å²) in [6.07, 6.45) is 2.26. The van der Waals surface area contributed by atoms with Gasteiger partial charge in [0.1, 0.15) is 11.7 Å². The highest BCUT2D eigenvalue weighted by Gasteiger charge is 2.41. The number of fused-ring (bicyclic) bond motifs is 1. The molecule has 2 aliphatic carbocycles. The fourth-order valence-corrected chi connectivity index (χ4v) is 3.76. The Kier molecular flexibility index (Phi) is 6.38. The number of rotatable bonds is 6. The molecule has 2 atom stereocenters. The molecule has 0 radical (unpaired) electrons. The number of ether oxygens (including phenoxy) is 3. The number of halogens is 3. The van der Waals surface area contributed by atoms with Crippen LogP contribution in [-0.4, -0.2) is 51.1 Å². The molecule has 0 saturated heterocycles. The predicted octanol–water partition coefficient (Wildman–Crippen LogP) is 3.59. The van der Waals surface area contributed by atoms with Crippen LogP contribution < -0.4 is 5.32 Å². The lowest BCUT2D eigenvalue weighted by Gasteiger charge is -2.37. The Morgan fingerprint density at radius 1 is 1.23 bits per heavy atom. The van der Waals surface area contributed by atoms with E-state index in [-0.39, 0.29) is 5.69 Å². The largest absolute Gasteiger partial charge is 0.471 e. The van der Waals surface area contributed by atoms with Gasteiger partial charge in [-0.05, 0) is 53.5 Å². The highest BCUT2D eigenvalue weighted by molar-refractivity contribution is 5.95. The molecular weight excluding hydrogens is 415 g/mol. The molecule has 6 nitrogen and oxygen atoms in total. The maximum atomic E-state index is 12.6. The van der Waals surface area contributed by atoms with Crippen molar-refractivity contribution in [1.82, 2.24) is 0 Å². The van der Waals surface area contributed by atoms with Crippen LogP contribution in [0, 0.1) is 0 Å². The van der Waals surface area contributed by atoms with Crippen molar-refractivity contribution in [2.75, 3.05) is 26.6 Å². The second-order valence-electron chi connectivity index (χ2n) is 7.20. The molecule has 1 amide bonds.